The average Bonchev–Trinajstić information content (AvgIpc) is 2.75. The number of fused-ring (bicyclic) bond motifs is 1. The van der Waals surface area contributed by atoms with Crippen LogP contribution in [0, 0.1) is 0 Å². The summed E-state index contributed by atoms with van der Waals surface area (Å²) in [4.78, 5) is 14.3. The zero-order valence-electron chi connectivity index (χ0n) is 8.60. The molecule has 0 aromatic carbocycles. The molecule has 2 N–H and O–H groups in total. The molecule has 6 nitrogen and oxygen atoms in total. The molecule has 16 heavy (non-hydrogen) atoms. The van der Waals surface area contributed by atoms with E-state index >= 15 is 0 Å². The fourth-order valence-electron chi connectivity index (χ4n) is 1.22. The highest BCUT2D eigenvalue weighted by molar-refractivity contribution is 5.93. The number of aliphatic hydroxyl groups is 1. The van der Waals surface area contributed by atoms with Crippen molar-refractivity contribution in [3.63, 3.8) is 0 Å². The molecular weight excluding hydrogens is 214 g/mol. The first-order chi connectivity index (χ1) is 7.66. The number of ether oxygens (including phenoxy) is 2. The lowest BCUT2D eigenvalue weighted by Crippen LogP contribution is -2.14. The van der Waals surface area contributed by atoms with Crippen molar-refractivity contribution < 1.29 is 23.8 Å². The second kappa shape index (κ2) is 4.38. The molecule has 0 bridgehead atoms. The van der Waals surface area contributed by atoms with Crippen LogP contribution in [0.15, 0.2) is 22.8 Å². The summed E-state index contributed by atoms with van der Waals surface area (Å²) in [6.07, 6.45) is 0.556. The number of rotatable bonds is 4. The fourth-order valence-corrected chi connectivity index (χ4v) is 1.22. The number of nitrogens with one attached hydrogen (secondary N) is 1. The second-order valence-electron chi connectivity index (χ2n) is 3.20. The summed E-state index contributed by atoms with van der Waals surface area (Å²) in [5, 5.41) is 8.78. The van der Waals surface area contributed by atoms with E-state index in [1.807, 2.05) is 0 Å². The van der Waals surface area contributed by atoms with Gasteiger partial charge in [0.05, 0.1) is 11.8 Å². The van der Waals surface area contributed by atoms with Crippen molar-refractivity contribution in [1.29, 1.82) is 0 Å². The minimum absolute atomic E-state index is 0.281. The Hall–Kier alpha value is -1.79. The Balaban J connectivity index is 1.97. The summed E-state index contributed by atoms with van der Waals surface area (Å²) in [6, 6.07) is 3.25. The quantitative estimate of drug-likeness (QED) is 0.603. The van der Waals surface area contributed by atoms with Gasteiger partial charge in [-0.1, -0.05) is 0 Å². The van der Waals surface area contributed by atoms with E-state index in [0.29, 0.717) is 5.58 Å². The fraction of sp³-hybridized carbons (Fsp3) is 0.300. The largest absolute Gasteiger partial charge is 0.463 e. The van der Waals surface area contributed by atoms with Crippen molar-refractivity contribution in [1.82, 2.24) is 4.98 Å². The van der Waals surface area contributed by atoms with Crippen molar-refractivity contribution in [2.75, 3.05) is 6.79 Å². The SMILES string of the molecule is CC(O)OCOC(=O)c1cc2occc2[nH]1. The lowest BCUT2D eigenvalue weighted by Gasteiger charge is -2.06. The maximum Gasteiger partial charge on any atom is 0.357 e. The molecule has 2 aromatic rings. The van der Waals surface area contributed by atoms with Crippen LogP contribution in [0.2, 0.25) is 0 Å². The summed E-state index contributed by atoms with van der Waals surface area (Å²) >= 11 is 0. The van der Waals surface area contributed by atoms with Gasteiger partial charge < -0.3 is 24.0 Å². The van der Waals surface area contributed by atoms with Crippen LogP contribution in [0.3, 0.4) is 0 Å². The zero-order chi connectivity index (χ0) is 11.5. The first-order valence-electron chi connectivity index (χ1n) is 4.70. The van der Waals surface area contributed by atoms with Gasteiger partial charge in [-0.3, -0.25) is 0 Å². The van der Waals surface area contributed by atoms with Gasteiger partial charge in [0.25, 0.3) is 0 Å². The lowest BCUT2D eigenvalue weighted by atomic mass is 10.4. The Labute approximate surface area is 90.8 Å². The van der Waals surface area contributed by atoms with Crippen LogP contribution in [-0.2, 0) is 9.47 Å². The van der Waals surface area contributed by atoms with E-state index in [2.05, 4.69) is 9.72 Å². The molecule has 86 valence electrons. The molecule has 0 saturated carbocycles. The number of hydrogen-bond acceptors (Lipinski definition) is 5. The molecule has 2 aromatic heterocycles. The van der Waals surface area contributed by atoms with Crippen LogP contribution >= 0.6 is 0 Å². The third-order valence-electron chi connectivity index (χ3n) is 1.96. The molecule has 2 rings (SSSR count). The Morgan fingerprint density at radius 3 is 3.19 bits per heavy atom. The molecule has 0 fully saturated rings. The minimum Gasteiger partial charge on any atom is -0.463 e. The summed E-state index contributed by atoms with van der Waals surface area (Å²) < 4.78 is 14.5. The van der Waals surface area contributed by atoms with Gasteiger partial charge in [-0.2, -0.15) is 0 Å². The van der Waals surface area contributed by atoms with Crippen molar-refractivity contribution >= 4 is 17.1 Å². The van der Waals surface area contributed by atoms with Crippen molar-refractivity contribution in [2.24, 2.45) is 0 Å². The predicted molar refractivity (Wildman–Crippen MR) is 53.6 cm³/mol. The van der Waals surface area contributed by atoms with E-state index in [0.717, 1.165) is 5.52 Å². The number of aromatic amines is 1. The topological polar surface area (TPSA) is 84.7 Å². The summed E-state index contributed by atoms with van der Waals surface area (Å²) in [5.74, 6) is -0.563. The first kappa shape index (κ1) is 10.7. The van der Waals surface area contributed by atoms with E-state index in [1.54, 1.807) is 12.1 Å². The third-order valence-corrected chi connectivity index (χ3v) is 1.96. The normalized spacial score (nSPS) is 12.9. The van der Waals surface area contributed by atoms with Crippen molar-refractivity contribution in [2.45, 2.75) is 13.2 Å². The highest BCUT2D eigenvalue weighted by Gasteiger charge is 2.12. The molecule has 0 saturated heterocycles. The molecule has 1 atom stereocenters. The van der Waals surface area contributed by atoms with Crippen molar-refractivity contribution in [3.8, 4) is 0 Å². The van der Waals surface area contributed by atoms with E-state index in [4.69, 9.17) is 14.3 Å². The average molecular weight is 225 g/mol. The molecule has 0 aliphatic heterocycles. The number of H-pyrrole nitrogens is 1. The minimum atomic E-state index is -0.965. The highest BCUT2D eigenvalue weighted by atomic mass is 16.7. The Morgan fingerprint density at radius 2 is 2.50 bits per heavy atom. The Bertz CT molecular complexity index is 456. The van der Waals surface area contributed by atoms with Gasteiger partial charge in [0.2, 0.25) is 0 Å². The van der Waals surface area contributed by atoms with Crippen LogP contribution < -0.4 is 0 Å². The van der Waals surface area contributed by atoms with Crippen LogP contribution in [-0.4, -0.2) is 29.1 Å². The molecule has 2 heterocycles. The Morgan fingerprint density at radius 1 is 1.69 bits per heavy atom. The van der Waals surface area contributed by atoms with Crippen LogP contribution in [0.5, 0.6) is 0 Å². The molecule has 0 amide bonds. The van der Waals surface area contributed by atoms with Gasteiger partial charge in [0.1, 0.15) is 5.69 Å². The molecule has 1 unspecified atom stereocenters. The van der Waals surface area contributed by atoms with E-state index in [-0.39, 0.29) is 12.5 Å². The molecular formula is C10H11NO5. The maximum atomic E-state index is 11.4. The van der Waals surface area contributed by atoms with Gasteiger partial charge in [0.15, 0.2) is 18.7 Å². The van der Waals surface area contributed by atoms with Crippen LogP contribution in [0.4, 0.5) is 0 Å². The van der Waals surface area contributed by atoms with Crippen LogP contribution in [0.1, 0.15) is 17.4 Å². The number of carbonyl (C=O) groups excluding carboxylic acids is 1. The number of furan rings is 1. The van der Waals surface area contributed by atoms with Gasteiger partial charge in [0, 0.05) is 12.1 Å². The smallest absolute Gasteiger partial charge is 0.357 e. The van der Waals surface area contributed by atoms with Crippen molar-refractivity contribution in [3.05, 3.63) is 24.1 Å². The summed E-state index contributed by atoms with van der Waals surface area (Å²) in [6.45, 7) is 1.13. The van der Waals surface area contributed by atoms with Gasteiger partial charge in [-0.05, 0) is 6.92 Å². The summed E-state index contributed by atoms with van der Waals surface area (Å²) in [7, 11) is 0. The van der Waals surface area contributed by atoms with E-state index in [9.17, 15) is 4.79 Å². The molecule has 6 heteroatoms. The van der Waals surface area contributed by atoms with Crippen LogP contribution in [0.25, 0.3) is 11.1 Å². The highest BCUT2D eigenvalue weighted by Crippen LogP contribution is 2.16. The van der Waals surface area contributed by atoms with Gasteiger partial charge in [-0.25, -0.2) is 4.79 Å². The predicted octanol–water partition coefficient (Wildman–Crippen LogP) is 1.23. The lowest BCUT2D eigenvalue weighted by molar-refractivity contribution is -0.142. The standard InChI is InChI=1S/C10H11NO5/c1-6(12)15-5-16-10(13)8-4-9-7(11-8)2-3-14-9/h2-4,6,11-12H,5H2,1H3. The molecule has 0 aliphatic rings. The van der Waals surface area contributed by atoms with E-state index in [1.165, 1.54) is 13.2 Å². The molecule has 0 aliphatic carbocycles. The second-order valence-corrected chi connectivity index (χ2v) is 3.20. The number of aliphatic hydroxyl groups excluding tert-OH is 1. The monoisotopic (exact) mass is 225 g/mol. The van der Waals surface area contributed by atoms with Gasteiger partial charge >= 0.3 is 5.97 Å². The summed E-state index contributed by atoms with van der Waals surface area (Å²) in [5.41, 5.74) is 1.59. The maximum absolute atomic E-state index is 11.4. The first-order valence-corrected chi connectivity index (χ1v) is 4.70. The number of hydrogen-bond donors (Lipinski definition) is 2. The number of aromatic nitrogens is 1. The van der Waals surface area contributed by atoms with Gasteiger partial charge in [-0.15, -0.1) is 0 Å². The zero-order valence-corrected chi connectivity index (χ0v) is 8.60. The third kappa shape index (κ3) is 2.23. The Kier molecular flexibility index (Phi) is 2.93. The van der Waals surface area contributed by atoms with E-state index < -0.39 is 12.3 Å². The number of carbonyl (C=O) groups is 1. The molecule has 0 spiro atoms. The number of esters is 1. The molecule has 0 radical (unpaired) electrons.